The van der Waals surface area contributed by atoms with Crippen molar-refractivity contribution < 1.29 is 14.0 Å². The Bertz CT molecular complexity index is 933. The number of halogens is 3. The van der Waals surface area contributed by atoms with Crippen molar-refractivity contribution in [1.82, 2.24) is 5.01 Å². The molecule has 2 aromatic rings. The Kier molecular flexibility index (Phi) is 3.74. The first-order chi connectivity index (χ1) is 12.0. The number of hydrazone groups is 1. The summed E-state index contributed by atoms with van der Waals surface area (Å²) in [6, 6.07) is 11.1. The maximum absolute atomic E-state index is 13.8. The molecular weight excluding hydrogens is 368 g/mol. The van der Waals surface area contributed by atoms with Crippen LogP contribution in [0, 0.1) is 5.82 Å². The zero-order valence-corrected chi connectivity index (χ0v) is 14.1. The van der Waals surface area contributed by atoms with Crippen molar-refractivity contribution in [2.75, 3.05) is 5.32 Å². The Balaban J connectivity index is 1.75. The largest absolute Gasteiger partial charge is 0.320 e. The van der Waals surface area contributed by atoms with E-state index >= 15 is 0 Å². The van der Waals surface area contributed by atoms with Crippen molar-refractivity contribution in [2.24, 2.45) is 5.10 Å². The fourth-order valence-electron chi connectivity index (χ4n) is 2.87. The standard InChI is InChI=1S/C17H10Cl2FN3O2/c18-10-7-12-9(6-11(10)20)14(16(24)21-12)22-23-15(13(19)17(23)25)8-4-2-1-3-5-8/h1-7,13,15H,(H,21,22,24). The molecule has 0 spiro atoms. The lowest BCUT2D eigenvalue weighted by Crippen LogP contribution is -2.53. The van der Waals surface area contributed by atoms with Gasteiger partial charge in [0.1, 0.15) is 17.2 Å². The SMILES string of the molecule is O=C1Nc2cc(Cl)c(F)cc2C1=NN1C(=O)C(Cl)C1c1ccccc1. The number of nitrogens with zero attached hydrogens (tertiary/aromatic N) is 2. The van der Waals surface area contributed by atoms with Gasteiger partial charge in [-0.3, -0.25) is 9.59 Å². The highest BCUT2D eigenvalue weighted by molar-refractivity contribution is 6.54. The van der Waals surface area contributed by atoms with Crippen LogP contribution < -0.4 is 5.32 Å². The van der Waals surface area contributed by atoms with Gasteiger partial charge in [0.2, 0.25) is 0 Å². The lowest BCUT2D eigenvalue weighted by molar-refractivity contribution is -0.145. The summed E-state index contributed by atoms with van der Waals surface area (Å²) in [5.41, 5.74) is 1.35. The molecule has 126 valence electrons. The number of anilines is 1. The molecule has 8 heteroatoms. The lowest BCUT2D eigenvalue weighted by Gasteiger charge is -2.40. The van der Waals surface area contributed by atoms with Crippen LogP contribution in [0.5, 0.6) is 0 Å². The number of β-lactam (4-membered cyclic amide) rings is 1. The summed E-state index contributed by atoms with van der Waals surface area (Å²) in [6.45, 7) is 0. The van der Waals surface area contributed by atoms with Crippen LogP contribution in [0.1, 0.15) is 17.2 Å². The second-order valence-corrected chi connectivity index (χ2v) is 6.53. The number of hydrogen-bond acceptors (Lipinski definition) is 3. The van der Waals surface area contributed by atoms with E-state index < -0.39 is 29.1 Å². The molecule has 2 aliphatic rings. The van der Waals surface area contributed by atoms with Crippen molar-refractivity contribution in [1.29, 1.82) is 0 Å². The predicted octanol–water partition coefficient (Wildman–Crippen LogP) is 3.33. The molecule has 1 N–H and O–H groups in total. The van der Waals surface area contributed by atoms with Gasteiger partial charge in [0.05, 0.1) is 10.7 Å². The first-order valence-corrected chi connectivity index (χ1v) is 8.20. The molecule has 0 bridgehead atoms. The normalized spacial score (nSPS) is 23.5. The average molecular weight is 378 g/mol. The third-order valence-corrected chi connectivity index (χ3v) is 4.85. The van der Waals surface area contributed by atoms with Crippen LogP contribution in [0.4, 0.5) is 10.1 Å². The van der Waals surface area contributed by atoms with Gasteiger partial charge in [-0.1, -0.05) is 41.9 Å². The summed E-state index contributed by atoms with van der Waals surface area (Å²) < 4.78 is 13.8. The van der Waals surface area contributed by atoms with E-state index in [1.807, 2.05) is 30.3 Å². The van der Waals surface area contributed by atoms with Gasteiger partial charge in [0, 0.05) is 5.56 Å². The average Bonchev–Trinajstić information content (AvgIpc) is 2.90. The molecule has 2 heterocycles. The highest BCUT2D eigenvalue weighted by atomic mass is 35.5. The van der Waals surface area contributed by atoms with Gasteiger partial charge in [0.25, 0.3) is 11.8 Å². The van der Waals surface area contributed by atoms with Crippen molar-refractivity contribution in [2.45, 2.75) is 11.4 Å². The van der Waals surface area contributed by atoms with Crippen LogP contribution in [0.3, 0.4) is 0 Å². The fourth-order valence-corrected chi connectivity index (χ4v) is 3.39. The van der Waals surface area contributed by atoms with Gasteiger partial charge < -0.3 is 5.32 Å². The van der Waals surface area contributed by atoms with Crippen LogP contribution in [0.15, 0.2) is 47.6 Å². The van der Waals surface area contributed by atoms with E-state index in [2.05, 4.69) is 10.4 Å². The van der Waals surface area contributed by atoms with Gasteiger partial charge in [-0.15, -0.1) is 11.6 Å². The third kappa shape index (κ3) is 2.49. The Hall–Kier alpha value is -2.44. The smallest absolute Gasteiger partial charge is 0.276 e. The highest BCUT2D eigenvalue weighted by Crippen LogP contribution is 2.40. The molecule has 2 amide bonds. The summed E-state index contributed by atoms with van der Waals surface area (Å²) in [5.74, 6) is -1.62. The quantitative estimate of drug-likeness (QED) is 0.644. The number of rotatable bonds is 2. The molecule has 2 aromatic carbocycles. The number of amides is 2. The number of fused-ring (bicyclic) bond motifs is 1. The number of benzene rings is 2. The van der Waals surface area contributed by atoms with Crippen LogP contribution >= 0.6 is 23.2 Å². The molecule has 2 aliphatic heterocycles. The topological polar surface area (TPSA) is 61.8 Å². The number of nitrogens with one attached hydrogen (secondary N) is 1. The van der Waals surface area contributed by atoms with E-state index in [0.29, 0.717) is 5.69 Å². The van der Waals surface area contributed by atoms with Gasteiger partial charge in [0.15, 0.2) is 5.71 Å². The molecule has 0 aromatic heterocycles. The van der Waals surface area contributed by atoms with Crippen LogP contribution in [-0.4, -0.2) is 27.9 Å². The fraction of sp³-hybridized carbons (Fsp3) is 0.118. The molecule has 25 heavy (non-hydrogen) atoms. The summed E-state index contributed by atoms with van der Waals surface area (Å²) in [7, 11) is 0. The molecule has 1 saturated heterocycles. The van der Waals surface area contributed by atoms with Crippen molar-refractivity contribution >= 4 is 46.4 Å². The second-order valence-electron chi connectivity index (χ2n) is 5.65. The minimum absolute atomic E-state index is 0.0524. The van der Waals surface area contributed by atoms with E-state index in [9.17, 15) is 14.0 Å². The van der Waals surface area contributed by atoms with Gasteiger partial charge in [-0.2, -0.15) is 5.10 Å². The van der Waals surface area contributed by atoms with E-state index in [1.54, 1.807) is 0 Å². The molecule has 2 unspecified atom stereocenters. The zero-order chi connectivity index (χ0) is 17.7. The Morgan fingerprint density at radius 2 is 1.88 bits per heavy atom. The molecule has 4 rings (SSSR count). The predicted molar refractivity (Wildman–Crippen MR) is 92.2 cm³/mol. The molecule has 0 aliphatic carbocycles. The van der Waals surface area contributed by atoms with Crippen molar-refractivity contribution in [3.8, 4) is 0 Å². The minimum atomic E-state index is -0.766. The Morgan fingerprint density at radius 1 is 1.16 bits per heavy atom. The number of hydrogen-bond donors (Lipinski definition) is 1. The van der Waals surface area contributed by atoms with Gasteiger partial charge in [-0.05, 0) is 17.7 Å². The Morgan fingerprint density at radius 3 is 2.60 bits per heavy atom. The van der Waals surface area contributed by atoms with E-state index in [0.717, 1.165) is 16.6 Å². The number of carbonyl (C=O) groups excluding carboxylic acids is 2. The first-order valence-electron chi connectivity index (χ1n) is 7.39. The molecular formula is C17H10Cl2FN3O2. The van der Waals surface area contributed by atoms with Crippen molar-refractivity contribution in [3.63, 3.8) is 0 Å². The van der Waals surface area contributed by atoms with Gasteiger partial charge in [-0.25, -0.2) is 9.40 Å². The monoisotopic (exact) mass is 377 g/mol. The third-order valence-electron chi connectivity index (χ3n) is 4.13. The summed E-state index contributed by atoms with van der Waals surface area (Å²) in [6.07, 6.45) is 0. The minimum Gasteiger partial charge on any atom is -0.320 e. The summed E-state index contributed by atoms with van der Waals surface area (Å²) in [5, 5.41) is 7.00. The maximum Gasteiger partial charge on any atom is 0.276 e. The van der Waals surface area contributed by atoms with Crippen LogP contribution in [0.25, 0.3) is 0 Å². The summed E-state index contributed by atoms with van der Waals surface area (Å²) >= 11 is 11.9. The Labute approximate surface area is 152 Å². The van der Waals surface area contributed by atoms with Crippen LogP contribution in [-0.2, 0) is 9.59 Å². The van der Waals surface area contributed by atoms with E-state index in [1.165, 1.54) is 6.07 Å². The van der Waals surface area contributed by atoms with Crippen molar-refractivity contribution in [3.05, 3.63) is 64.4 Å². The molecule has 0 saturated carbocycles. The number of alkyl halides is 1. The second kappa shape index (κ2) is 5.82. The zero-order valence-electron chi connectivity index (χ0n) is 12.5. The molecule has 5 nitrogen and oxygen atoms in total. The first kappa shape index (κ1) is 16.1. The lowest BCUT2D eigenvalue weighted by atomic mass is 9.95. The molecule has 0 radical (unpaired) electrons. The van der Waals surface area contributed by atoms with Gasteiger partial charge >= 0.3 is 0 Å². The number of carbonyl (C=O) groups is 2. The molecule has 1 fully saturated rings. The molecule has 2 atom stereocenters. The summed E-state index contributed by atoms with van der Waals surface area (Å²) in [4.78, 5) is 24.3. The van der Waals surface area contributed by atoms with Crippen LogP contribution in [0.2, 0.25) is 5.02 Å². The maximum atomic E-state index is 13.8. The van der Waals surface area contributed by atoms with E-state index in [4.69, 9.17) is 23.2 Å². The van der Waals surface area contributed by atoms with E-state index in [-0.39, 0.29) is 16.3 Å². The highest BCUT2D eigenvalue weighted by Gasteiger charge is 2.48.